The smallest absolute Gasteiger partial charge is 0.379 e. The molecule has 106 valence electrons. The van der Waals surface area contributed by atoms with E-state index in [1.54, 1.807) is 12.1 Å². The monoisotopic (exact) mass is 272 g/mol. The predicted octanol–water partition coefficient (Wildman–Crippen LogP) is 2.16. The first kappa shape index (κ1) is 15.4. The molecule has 0 bridgehead atoms. The highest BCUT2D eigenvalue weighted by molar-refractivity contribution is 5.88. The van der Waals surface area contributed by atoms with Crippen LogP contribution in [0.5, 0.6) is 5.75 Å². The molecule has 0 atom stereocenters. The molecule has 0 saturated heterocycles. The van der Waals surface area contributed by atoms with Crippen molar-refractivity contribution in [1.82, 2.24) is 0 Å². The minimum Gasteiger partial charge on any atom is -0.491 e. The molecule has 0 saturated carbocycles. The van der Waals surface area contributed by atoms with Crippen molar-refractivity contribution < 1.29 is 28.5 Å². The quantitative estimate of drug-likeness (QED) is 0.645. The Morgan fingerprint density at radius 1 is 1.05 bits per heavy atom. The third-order valence-corrected chi connectivity index (χ3v) is 2.23. The van der Waals surface area contributed by atoms with Gasteiger partial charge in [-0.15, -0.1) is 0 Å². The van der Waals surface area contributed by atoms with E-state index in [0.29, 0.717) is 38.8 Å². The predicted molar refractivity (Wildman–Crippen MR) is 65.8 cm³/mol. The molecule has 0 fully saturated rings. The summed E-state index contributed by atoms with van der Waals surface area (Å²) in [7, 11) is 0. The molecule has 0 heterocycles. The molecule has 0 aliphatic carbocycles. The van der Waals surface area contributed by atoms with Gasteiger partial charge in [-0.1, -0.05) is 0 Å². The summed E-state index contributed by atoms with van der Waals surface area (Å²) in [6.07, 6.45) is 0. The van der Waals surface area contributed by atoms with Crippen LogP contribution >= 0.6 is 0 Å². The number of benzene rings is 1. The SMILES string of the molecule is CCOCCOCCOc1ccc(C(=O)OF)cc1. The number of carbonyl (C=O) groups excluding carboxylic acids is 1. The zero-order chi connectivity index (χ0) is 13.9. The first-order valence-corrected chi connectivity index (χ1v) is 5.99. The Hall–Kier alpha value is -1.66. The third-order valence-electron chi connectivity index (χ3n) is 2.23. The Kier molecular flexibility index (Phi) is 7.53. The van der Waals surface area contributed by atoms with Crippen LogP contribution in [0, 0.1) is 0 Å². The average molecular weight is 272 g/mol. The van der Waals surface area contributed by atoms with Crippen molar-refractivity contribution in [2.75, 3.05) is 33.0 Å². The van der Waals surface area contributed by atoms with Crippen LogP contribution in [0.25, 0.3) is 0 Å². The molecule has 0 aromatic heterocycles. The summed E-state index contributed by atoms with van der Waals surface area (Å²) in [6, 6.07) is 5.97. The summed E-state index contributed by atoms with van der Waals surface area (Å²) >= 11 is 0. The second-order valence-electron chi connectivity index (χ2n) is 3.55. The van der Waals surface area contributed by atoms with Crippen LogP contribution in [0.3, 0.4) is 0 Å². The molecule has 1 aromatic rings. The maximum Gasteiger partial charge on any atom is 0.379 e. The number of ether oxygens (including phenoxy) is 3. The van der Waals surface area contributed by atoms with Gasteiger partial charge in [0, 0.05) is 11.1 Å². The van der Waals surface area contributed by atoms with Crippen LogP contribution in [0.1, 0.15) is 17.3 Å². The summed E-state index contributed by atoms with van der Waals surface area (Å²) in [5.74, 6) is -0.449. The first-order valence-electron chi connectivity index (χ1n) is 5.99. The van der Waals surface area contributed by atoms with Gasteiger partial charge < -0.3 is 14.2 Å². The third kappa shape index (κ3) is 6.17. The molecule has 1 aromatic carbocycles. The van der Waals surface area contributed by atoms with E-state index in [2.05, 4.69) is 4.94 Å². The molecule has 5 nitrogen and oxygen atoms in total. The van der Waals surface area contributed by atoms with Crippen molar-refractivity contribution in [2.45, 2.75) is 6.92 Å². The Morgan fingerprint density at radius 2 is 1.68 bits per heavy atom. The van der Waals surface area contributed by atoms with Crippen LogP contribution in [0.4, 0.5) is 4.53 Å². The maximum absolute atomic E-state index is 11.6. The number of halogens is 1. The first-order chi connectivity index (χ1) is 9.27. The lowest BCUT2D eigenvalue weighted by Gasteiger charge is -2.07. The standard InChI is InChI=1S/C13H17FO5/c1-2-16-7-8-17-9-10-18-12-5-3-11(4-6-12)13(15)19-14/h3-6H,2,7-10H2,1H3. The fourth-order valence-electron chi connectivity index (χ4n) is 1.31. The summed E-state index contributed by atoms with van der Waals surface area (Å²) in [5, 5.41) is 0. The Balaban J connectivity index is 2.18. The Bertz CT molecular complexity index is 366. The van der Waals surface area contributed by atoms with E-state index in [9.17, 15) is 9.32 Å². The van der Waals surface area contributed by atoms with Gasteiger partial charge in [0.05, 0.1) is 25.4 Å². The van der Waals surface area contributed by atoms with Crippen LogP contribution in [-0.2, 0) is 14.4 Å². The molecule has 6 heteroatoms. The molecule has 19 heavy (non-hydrogen) atoms. The van der Waals surface area contributed by atoms with Crippen LogP contribution in [0.2, 0.25) is 0 Å². The van der Waals surface area contributed by atoms with Gasteiger partial charge in [0.1, 0.15) is 12.4 Å². The van der Waals surface area contributed by atoms with Gasteiger partial charge in [-0.25, -0.2) is 9.74 Å². The zero-order valence-corrected chi connectivity index (χ0v) is 10.8. The van der Waals surface area contributed by atoms with E-state index in [4.69, 9.17) is 14.2 Å². The van der Waals surface area contributed by atoms with Crippen LogP contribution in [0.15, 0.2) is 24.3 Å². The summed E-state index contributed by atoms with van der Waals surface area (Å²) in [6.45, 7) is 4.52. The Morgan fingerprint density at radius 3 is 2.32 bits per heavy atom. The van der Waals surface area contributed by atoms with Crippen molar-refractivity contribution in [3.05, 3.63) is 29.8 Å². The van der Waals surface area contributed by atoms with Gasteiger partial charge >= 0.3 is 5.97 Å². The van der Waals surface area contributed by atoms with Crippen molar-refractivity contribution in [3.63, 3.8) is 0 Å². The van der Waals surface area contributed by atoms with Crippen molar-refractivity contribution in [2.24, 2.45) is 0 Å². The molecule has 0 aliphatic rings. The Labute approximate surface area is 111 Å². The second-order valence-corrected chi connectivity index (χ2v) is 3.55. The lowest BCUT2D eigenvalue weighted by Crippen LogP contribution is -2.10. The minimum atomic E-state index is -1.02. The fourth-order valence-corrected chi connectivity index (χ4v) is 1.31. The highest BCUT2D eigenvalue weighted by Gasteiger charge is 2.06. The lowest BCUT2D eigenvalue weighted by molar-refractivity contribution is -0.0788. The van der Waals surface area contributed by atoms with Crippen LogP contribution in [-0.4, -0.2) is 39.0 Å². The van der Waals surface area contributed by atoms with Crippen molar-refractivity contribution >= 4 is 5.97 Å². The highest BCUT2D eigenvalue weighted by atomic mass is 19.3. The highest BCUT2D eigenvalue weighted by Crippen LogP contribution is 2.12. The minimum absolute atomic E-state index is 0.128. The molecule has 0 amide bonds. The molecule has 0 aliphatic heterocycles. The molecular weight excluding hydrogens is 255 g/mol. The van der Waals surface area contributed by atoms with Gasteiger partial charge in [-0.3, -0.25) is 0 Å². The lowest BCUT2D eigenvalue weighted by atomic mass is 10.2. The number of hydrogen-bond acceptors (Lipinski definition) is 5. The summed E-state index contributed by atoms with van der Waals surface area (Å²) in [4.78, 5) is 14.0. The van der Waals surface area contributed by atoms with Gasteiger partial charge in [-0.2, -0.15) is 0 Å². The largest absolute Gasteiger partial charge is 0.491 e. The molecule has 0 N–H and O–H groups in total. The summed E-state index contributed by atoms with van der Waals surface area (Å²) in [5.41, 5.74) is 0.128. The van der Waals surface area contributed by atoms with Gasteiger partial charge in [0.2, 0.25) is 0 Å². The van der Waals surface area contributed by atoms with Crippen molar-refractivity contribution in [1.29, 1.82) is 0 Å². The molecule has 0 spiro atoms. The van der Waals surface area contributed by atoms with Gasteiger partial charge in [0.15, 0.2) is 0 Å². The van der Waals surface area contributed by atoms with E-state index in [1.165, 1.54) is 12.1 Å². The molecule has 1 rings (SSSR count). The van der Waals surface area contributed by atoms with Crippen LogP contribution < -0.4 is 4.74 Å². The van der Waals surface area contributed by atoms with E-state index < -0.39 is 5.97 Å². The molecule has 0 unspecified atom stereocenters. The maximum atomic E-state index is 11.6. The molecular formula is C13H17FO5. The number of rotatable bonds is 9. The normalized spacial score (nSPS) is 10.2. The number of carbonyl (C=O) groups is 1. The van der Waals surface area contributed by atoms with E-state index in [-0.39, 0.29) is 5.56 Å². The van der Waals surface area contributed by atoms with E-state index in [1.807, 2.05) is 6.92 Å². The topological polar surface area (TPSA) is 54.0 Å². The summed E-state index contributed by atoms with van der Waals surface area (Å²) < 4.78 is 27.4. The average Bonchev–Trinajstić information content (AvgIpc) is 2.46. The van der Waals surface area contributed by atoms with Gasteiger partial charge in [0.25, 0.3) is 0 Å². The van der Waals surface area contributed by atoms with E-state index >= 15 is 0 Å². The van der Waals surface area contributed by atoms with E-state index in [0.717, 1.165) is 0 Å². The van der Waals surface area contributed by atoms with Crippen molar-refractivity contribution in [3.8, 4) is 5.75 Å². The second kappa shape index (κ2) is 9.29. The number of hydrogen-bond donors (Lipinski definition) is 0. The molecule has 0 radical (unpaired) electrons. The zero-order valence-electron chi connectivity index (χ0n) is 10.8. The fraction of sp³-hybridized carbons (Fsp3) is 0.462. The van der Waals surface area contributed by atoms with Gasteiger partial charge in [-0.05, 0) is 31.2 Å².